The smallest absolute Gasteiger partial charge is 0.462 e. The molecule has 106 heavy (non-hydrogen) atoms. The van der Waals surface area contributed by atoms with Gasteiger partial charge < -0.3 is 33.8 Å². The number of aliphatic hydroxyl groups excluding tert-OH is 1. The summed E-state index contributed by atoms with van der Waals surface area (Å²) in [5.41, 5.74) is 0. The van der Waals surface area contributed by atoms with Gasteiger partial charge in [0, 0.05) is 25.7 Å². The van der Waals surface area contributed by atoms with Gasteiger partial charge in [0.05, 0.1) is 26.4 Å². The second-order valence-corrected chi connectivity index (χ2v) is 34.9. The number of hydrogen-bond donors (Lipinski definition) is 3. The molecule has 0 spiro atoms. The van der Waals surface area contributed by atoms with E-state index in [0.717, 1.165) is 121 Å². The Balaban J connectivity index is 5.23. The quantitative estimate of drug-likeness (QED) is 0.0169. The molecular formula is C87H166O17P2. The number of rotatable bonds is 83. The molecule has 0 aromatic rings. The van der Waals surface area contributed by atoms with E-state index in [1.165, 1.54) is 225 Å². The zero-order valence-corrected chi connectivity index (χ0v) is 71.2. The highest BCUT2D eigenvalue weighted by Crippen LogP contribution is 2.45. The lowest BCUT2D eigenvalue weighted by Crippen LogP contribution is -2.30. The fourth-order valence-electron chi connectivity index (χ4n) is 13.0. The standard InChI is InChI=1S/C87H166O17P2/c1-8-9-10-11-12-13-14-15-24-32-37-42-47-56-63-71-87(92)104-83(75-98-85(90)69-62-55-50-49-53-60-67-80(6)7)77-102-106(95,96)100-73-81(88)72-99-105(93,94)101-76-82(103-86(91)70-64-57-48-43-38-33-28-23-19-17-21-26-30-35-40-45-52-59-66-79(4)5)74-97-84(89)68-61-54-46-41-36-31-27-22-18-16-20-25-29-34-39-44-51-58-65-78(2)3/h13-15,24,78-83,88H,8-12,16-23,25-77H2,1-7H3,(H,93,94)(H,95,96)/b14-13-,24-15-/t81-,82-,83-/m1/s1. The first-order chi connectivity index (χ1) is 51.2. The topological polar surface area (TPSA) is 237 Å². The molecule has 2 unspecified atom stereocenters. The Bertz CT molecular complexity index is 2140. The van der Waals surface area contributed by atoms with Crippen LogP contribution >= 0.6 is 15.6 Å². The number of aliphatic hydroxyl groups is 1. The van der Waals surface area contributed by atoms with Crippen LogP contribution in [0.2, 0.25) is 0 Å². The summed E-state index contributed by atoms with van der Waals surface area (Å²) in [7, 11) is -9.94. The van der Waals surface area contributed by atoms with Crippen LogP contribution < -0.4 is 0 Å². The molecular weight excluding hydrogens is 1380 g/mol. The number of ether oxygens (including phenoxy) is 4. The number of unbranched alkanes of at least 4 members (excludes halogenated alkanes) is 48. The SMILES string of the molecule is CCCCCC/C=C\C=C/CCCCCCCC(=O)O[C@H](COC(=O)CCCCCCCCC(C)C)COP(=O)(O)OC[C@H](O)COP(=O)(O)OC[C@@H](COC(=O)CCCCCCCCCCCCCCCCCCCCC(C)C)OC(=O)CCCCCCCCCCCCCCCCCCCCC(C)C. The van der Waals surface area contributed by atoms with Gasteiger partial charge in [-0.05, 0) is 69.1 Å². The molecule has 17 nitrogen and oxygen atoms in total. The van der Waals surface area contributed by atoms with Crippen LogP contribution in [0.1, 0.15) is 434 Å². The van der Waals surface area contributed by atoms with Crippen LogP contribution in [0.3, 0.4) is 0 Å². The molecule has 0 radical (unpaired) electrons. The number of carbonyl (C=O) groups excluding carboxylic acids is 4. The summed E-state index contributed by atoms with van der Waals surface area (Å²) < 4.78 is 68.8. The van der Waals surface area contributed by atoms with Crippen molar-refractivity contribution in [2.75, 3.05) is 39.6 Å². The van der Waals surface area contributed by atoms with Crippen LogP contribution in [0.4, 0.5) is 0 Å². The third-order valence-corrected chi connectivity index (χ3v) is 21.7. The molecule has 3 N–H and O–H groups in total. The Morgan fingerprint density at radius 3 is 0.764 bits per heavy atom. The van der Waals surface area contributed by atoms with Gasteiger partial charge >= 0.3 is 39.5 Å². The van der Waals surface area contributed by atoms with Crippen molar-refractivity contribution in [3.63, 3.8) is 0 Å². The van der Waals surface area contributed by atoms with Crippen molar-refractivity contribution in [1.82, 2.24) is 0 Å². The van der Waals surface area contributed by atoms with Crippen LogP contribution in [0, 0.1) is 17.8 Å². The van der Waals surface area contributed by atoms with Gasteiger partial charge in [-0.15, -0.1) is 0 Å². The van der Waals surface area contributed by atoms with E-state index >= 15 is 0 Å². The first-order valence-electron chi connectivity index (χ1n) is 44.2. The number of phosphoric acid groups is 2. The fraction of sp³-hybridized carbons (Fsp3) is 0.908. The van der Waals surface area contributed by atoms with Gasteiger partial charge in [0.15, 0.2) is 12.2 Å². The van der Waals surface area contributed by atoms with E-state index in [-0.39, 0.29) is 25.7 Å². The molecule has 0 saturated carbocycles. The fourth-order valence-corrected chi connectivity index (χ4v) is 14.6. The van der Waals surface area contributed by atoms with Gasteiger partial charge in [0.2, 0.25) is 0 Å². The molecule has 0 amide bonds. The zero-order valence-electron chi connectivity index (χ0n) is 69.4. The Morgan fingerprint density at radius 1 is 0.292 bits per heavy atom. The molecule has 0 aliphatic carbocycles. The minimum Gasteiger partial charge on any atom is -0.462 e. The largest absolute Gasteiger partial charge is 0.472 e. The minimum absolute atomic E-state index is 0.0840. The van der Waals surface area contributed by atoms with Crippen LogP contribution in [0.25, 0.3) is 0 Å². The number of phosphoric ester groups is 2. The van der Waals surface area contributed by atoms with Crippen molar-refractivity contribution in [2.24, 2.45) is 17.8 Å². The monoisotopic (exact) mass is 1550 g/mol. The van der Waals surface area contributed by atoms with Gasteiger partial charge in [-0.2, -0.15) is 0 Å². The van der Waals surface area contributed by atoms with E-state index in [4.69, 9.17) is 37.0 Å². The Hall–Kier alpha value is -2.46. The molecule has 0 bridgehead atoms. The zero-order chi connectivity index (χ0) is 77.9. The molecule has 626 valence electrons. The van der Waals surface area contributed by atoms with E-state index in [0.29, 0.717) is 31.6 Å². The molecule has 0 heterocycles. The summed E-state index contributed by atoms with van der Waals surface area (Å²) in [4.78, 5) is 73.1. The number of carbonyl (C=O) groups is 4. The number of allylic oxidation sites excluding steroid dienone is 4. The Kier molecular flexibility index (Phi) is 74.7. The number of hydrogen-bond acceptors (Lipinski definition) is 15. The third-order valence-electron chi connectivity index (χ3n) is 19.8. The summed E-state index contributed by atoms with van der Waals surface area (Å²) in [6.45, 7) is 11.9. The third kappa shape index (κ3) is 79.6. The molecule has 0 rings (SSSR count). The van der Waals surface area contributed by atoms with Crippen molar-refractivity contribution in [3.05, 3.63) is 24.3 Å². The highest BCUT2D eigenvalue weighted by atomic mass is 31.2. The molecule has 5 atom stereocenters. The van der Waals surface area contributed by atoms with Crippen molar-refractivity contribution < 1.29 is 80.2 Å². The van der Waals surface area contributed by atoms with E-state index in [9.17, 15) is 43.2 Å². The summed E-state index contributed by atoms with van der Waals surface area (Å²) in [5.74, 6) is 0.180. The van der Waals surface area contributed by atoms with E-state index < -0.39 is 97.5 Å². The highest BCUT2D eigenvalue weighted by Gasteiger charge is 2.30. The lowest BCUT2D eigenvalue weighted by molar-refractivity contribution is -0.161. The summed E-state index contributed by atoms with van der Waals surface area (Å²) >= 11 is 0. The first-order valence-corrected chi connectivity index (χ1v) is 47.2. The van der Waals surface area contributed by atoms with Crippen molar-refractivity contribution in [2.45, 2.75) is 452 Å². The van der Waals surface area contributed by atoms with Crippen LogP contribution in [0.15, 0.2) is 24.3 Å². The molecule has 0 aliphatic heterocycles. The first kappa shape index (κ1) is 104. The predicted molar refractivity (Wildman–Crippen MR) is 437 cm³/mol. The van der Waals surface area contributed by atoms with Crippen LogP contribution in [-0.4, -0.2) is 96.7 Å². The summed E-state index contributed by atoms with van der Waals surface area (Å²) in [6, 6.07) is 0. The molecule has 0 saturated heterocycles. The molecule has 0 fully saturated rings. The maximum absolute atomic E-state index is 13.1. The maximum atomic E-state index is 13.1. The minimum atomic E-state index is -4.97. The lowest BCUT2D eigenvalue weighted by atomic mass is 10.0. The van der Waals surface area contributed by atoms with Crippen molar-refractivity contribution >= 4 is 39.5 Å². The summed E-state index contributed by atoms with van der Waals surface area (Å²) in [5, 5.41) is 10.7. The van der Waals surface area contributed by atoms with Gasteiger partial charge in [-0.25, -0.2) is 9.13 Å². The highest BCUT2D eigenvalue weighted by molar-refractivity contribution is 7.47. The van der Waals surface area contributed by atoms with E-state index in [2.05, 4.69) is 72.8 Å². The molecule has 0 aromatic carbocycles. The van der Waals surface area contributed by atoms with Crippen LogP contribution in [0.5, 0.6) is 0 Å². The molecule has 0 aliphatic rings. The van der Waals surface area contributed by atoms with E-state index in [1.807, 2.05) is 0 Å². The molecule has 19 heteroatoms. The van der Waals surface area contributed by atoms with Crippen LogP contribution in [-0.2, 0) is 65.4 Å². The van der Waals surface area contributed by atoms with Gasteiger partial charge in [-0.1, -0.05) is 381 Å². The lowest BCUT2D eigenvalue weighted by Gasteiger charge is -2.21. The average Bonchev–Trinajstić information content (AvgIpc) is 0.904. The average molecular weight is 1550 g/mol. The predicted octanol–water partition coefficient (Wildman–Crippen LogP) is 26.0. The van der Waals surface area contributed by atoms with Crippen molar-refractivity contribution in [3.8, 4) is 0 Å². The Morgan fingerprint density at radius 2 is 0.509 bits per heavy atom. The summed E-state index contributed by atoms with van der Waals surface area (Å²) in [6.07, 6.45) is 70.6. The second kappa shape index (κ2) is 76.5. The second-order valence-electron chi connectivity index (χ2n) is 32.0. The maximum Gasteiger partial charge on any atom is 0.472 e. The van der Waals surface area contributed by atoms with E-state index in [1.54, 1.807) is 0 Å². The number of esters is 4. The Labute approximate surface area is 650 Å². The van der Waals surface area contributed by atoms with Gasteiger partial charge in [0.25, 0.3) is 0 Å². The van der Waals surface area contributed by atoms with Gasteiger partial charge in [0.1, 0.15) is 19.3 Å². The normalized spacial score (nSPS) is 14.0. The molecule has 0 aromatic heterocycles. The van der Waals surface area contributed by atoms with Gasteiger partial charge in [-0.3, -0.25) is 37.3 Å². The van der Waals surface area contributed by atoms with Crippen molar-refractivity contribution in [1.29, 1.82) is 0 Å².